The fourth-order valence-corrected chi connectivity index (χ4v) is 4.61. The van der Waals surface area contributed by atoms with Gasteiger partial charge in [-0.1, -0.05) is 27.2 Å². The second-order valence-corrected chi connectivity index (χ2v) is 10.8. The highest BCUT2D eigenvalue weighted by atomic mass is 32.2. The standard InChI is InChI=1S/C20H40N4O3S/c1-8-28(26)16-11-9-10-15(12-16)23-18(21-7)22-13-17(14(2)3)24-19(25)27-20(4,5)6/h14-17H,8-13H2,1-7H3,(H,24,25)(H2,21,22,23). The summed E-state index contributed by atoms with van der Waals surface area (Å²) in [6, 6.07) is 0.192. The Kier molecular flexibility index (Phi) is 10.3. The van der Waals surface area contributed by atoms with Gasteiger partial charge in [0.1, 0.15) is 5.60 Å². The van der Waals surface area contributed by atoms with Gasteiger partial charge in [-0.15, -0.1) is 0 Å². The van der Waals surface area contributed by atoms with Crippen LogP contribution in [0.25, 0.3) is 0 Å². The molecule has 3 N–H and O–H groups in total. The molecule has 0 aromatic carbocycles. The second-order valence-electron chi connectivity index (χ2n) is 8.75. The van der Waals surface area contributed by atoms with Gasteiger partial charge >= 0.3 is 6.09 Å². The molecule has 7 nitrogen and oxygen atoms in total. The highest BCUT2D eigenvalue weighted by Crippen LogP contribution is 2.23. The number of guanidine groups is 1. The van der Waals surface area contributed by atoms with Crippen LogP contribution in [0.15, 0.2) is 4.99 Å². The molecule has 1 fully saturated rings. The first-order chi connectivity index (χ1) is 13.1. The minimum atomic E-state index is -0.745. The molecule has 28 heavy (non-hydrogen) atoms. The molecular formula is C20H40N4O3S. The Morgan fingerprint density at radius 3 is 2.50 bits per heavy atom. The van der Waals surface area contributed by atoms with Crippen LogP contribution in [0.1, 0.15) is 67.2 Å². The molecule has 0 aliphatic heterocycles. The van der Waals surface area contributed by atoms with E-state index >= 15 is 0 Å². The molecule has 8 heteroatoms. The zero-order chi connectivity index (χ0) is 21.3. The predicted octanol–water partition coefficient (Wildman–Crippen LogP) is 2.78. The summed E-state index contributed by atoms with van der Waals surface area (Å²) >= 11 is 0. The highest BCUT2D eigenvalue weighted by Gasteiger charge is 2.26. The molecule has 0 aromatic heterocycles. The zero-order valence-corrected chi connectivity index (χ0v) is 19.4. The summed E-state index contributed by atoms with van der Waals surface area (Å²) in [5.41, 5.74) is -0.521. The molecule has 164 valence electrons. The van der Waals surface area contributed by atoms with Crippen molar-refractivity contribution in [1.29, 1.82) is 0 Å². The first-order valence-electron chi connectivity index (χ1n) is 10.4. The van der Waals surface area contributed by atoms with Crippen molar-refractivity contribution < 1.29 is 13.7 Å². The van der Waals surface area contributed by atoms with Crippen LogP contribution in [0.3, 0.4) is 0 Å². The van der Waals surface area contributed by atoms with E-state index in [2.05, 4.69) is 34.8 Å². The third-order valence-electron chi connectivity index (χ3n) is 4.84. The molecule has 0 saturated heterocycles. The fourth-order valence-electron chi connectivity index (χ4n) is 3.26. The smallest absolute Gasteiger partial charge is 0.407 e. The number of carbonyl (C=O) groups is 1. The molecule has 0 radical (unpaired) electrons. The van der Waals surface area contributed by atoms with E-state index in [9.17, 15) is 9.00 Å². The number of nitrogens with zero attached hydrogens (tertiary/aromatic N) is 1. The quantitative estimate of drug-likeness (QED) is 0.438. The van der Waals surface area contributed by atoms with Gasteiger partial charge < -0.3 is 20.7 Å². The summed E-state index contributed by atoms with van der Waals surface area (Å²) in [6.07, 6.45) is 3.68. The van der Waals surface area contributed by atoms with Crippen molar-refractivity contribution in [3.63, 3.8) is 0 Å². The Labute approximate surface area is 173 Å². The molecular weight excluding hydrogens is 376 g/mol. The average Bonchev–Trinajstić information content (AvgIpc) is 2.61. The Morgan fingerprint density at radius 1 is 1.29 bits per heavy atom. The maximum absolute atomic E-state index is 12.1. The molecule has 1 aliphatic carbocycles. The Morgan fingerprint density at radius 2 is 1.96 bits per heavy atom. The van der Waals surface area contributed by atoms with Crippen LogP contribution >= 0.6 is 0 Å². The second kappa shape index (κ2) is 11.6. The average molecular weight is 417 g/mol. The first kappa shape index (κ1) is 24.7. The Balaban J connectivity index is 2.56. The lowest BCUT2D eigenvalue weighted by molar-refractivity contribution is 0.0491. The number of nitrogens with one attached hydrogen (secondary N) is 3. The number of ether oxygens (including phenoxy) is 1. The van der Waals surface area contributed by atoms with Gasteiger partial charge in [0, 0.05) is 41.4 Å². The lowest BCUT2D eigenvalue weighted by Gasteiger charge is -2.31. The first-order valence-corrected chi connectivity index (χ1v) is 11.8. The van der Waals surface area contributed by atoms with Crippen molar-refractivity contribution in [3.05, 3.63) is 0 Å². The summed E-state index contributed by atoms with van der Waals surface area (Å²) in [6.45, 7) is 12.2. The predicted molar refractivity (Wildman–Crippen MR) is 117 cm³/mol. The largest absolute Gasteiger partial charge is 0.444 e. The van der Waals surface area contributed by atoms with E-state index in [1.54, 1.807) is 7.05 Å². The molecule has 1 rings (SSSR count). The summed E-state index contributed by atoms with van der Waals surface area (Å²) in [7, 11) is 0.996. The van der Waals surface area contributed by atoms with Crippen LogP contribution in [0.2, 0.25) is 0 Å². The lowest BCUT2D eigenvalue weighted by atomic mass is 9.95. The number of amides is 1. The van der Waals surface area contributed by atoms with Gasteiger partial charge in [-0.05, 0) is 46.0 Å². The van der Waals surface area contributed by atoms with Crippen molar-refractivity contribution in [2.75, 3.05) is 19.3 Å². The van der Waals surface area contributed by atoms with Gasteiger partial charge in [0.25, 0.3) is 0 Å². The van der Waals surface area contributed by atoms with Crippen LogP contribution in [0.5, 0.6) is 0 Å². The van der Waals surface area contributed by atoms with E-state index < -0.39 is 22.5 Å². The van der Waals surface area contributed by atoms with Gasteiger partial charge in [0.15, 0.2) is 5.96 Å². The van der Waals surface area contributed by atoms with E-state index in [1.165, 1.54) is 0 Å². The van der Waals surface area contributed by atoms with Gasteiger partial charge in [-0.25, -0.2) is 4.79 Å². The molecule has 0 bridgehead atoms. The summed E-state index contributed by atoms with van der Waals surface area (Å²) in [5.74, 6) is 1.67. The number of hydrogen-bond donors (Lipinski definition) is 3. The molecule has 1 aliphatic rings. The minimum absolute atomic E-state index is 0.0832. The van der Waals surface area contributed by atoms with Crippen molar-refractivity contribution in [1.82, 2.24) is 16.0 Å². The molecule has 0 aromatic rings. The van der Waals surface area contributed by atoms with Gasteiger partial charge in [-0.3, -0.25) is 9.20 Å². The Bertz CT molecular complexity index is 546. The number of aliphatic imine (C=N–C) groups is 1. The molecule has 4 unspecified atom stereocenters. The van der Waals surface area contributed by atoms with E-state index in [0.717, 1.165) is 31.4 Å². The number of hydrogen-bond acceptors (Lipinski definition) is 4. The Hall–Kier alpha value is -1.31. The van der Waals surface area contributed by atoms with E-state index in [-0.39, 0.29) is 23.3 Å². The topological polar surface area (TPSA) is 91.8 Å². The third kappa shape index (κ3) is 9.26. The van der Waals surface area contributed by atoms with E-state index in [1.807, 2.05) is 27.7 Å². The molecule has 1 saturated carbocycles. The summed E-state index contributed by atoms with van der Waals surface area (Å²) in [4.78, 5) is 16.4. The minimum Gasteiger partial charge on any atom is -0.444 e. The highest BCUT2D eigenvalue weighted by molar-refractivity contribution is 7.85. The van der Waals surface area contributed by atoms with Gasteiger partial charge in [0.05, 0.1) is 6.04 Å². The van der Waals surface area contributed by atoms with Crippen LogP contribution in [-0.2, 0) is 15.5 Å². The molecule has 0 heterocycles. The number of rotatable bonds is 7. The van der Waals surface area contributed by atoms with Crippen molar-refractivity contribution in [3.8, 4) is 0 Å². The third-order valence-corrected chi connectivity index (χ3v) is 6.58. The van der Waals surface area contributed by atoms with Crippen LogP contribution < -0.4 is 16.0 Å². The molecule has 4 atom stereocenters. The van der Waals surface area contributed by atoms with Crippen molar-refractivity contribution >= 4 is 22.9 Å². The van der Waals surface area contributed by atoms with Crippen LogP contribution in [-0.4, -0.2) is 58.5 Å². The van der Waals surface area contributed by atoms with Gasteiger partial charge in [-0.2, -0.15) is 0 Å². The SMILES string of the molecule is CCS(=O)C1CCCC(NC(=NC)NCC(NC(=O)OC(C)(C)C)C(C)C)C1. The monoisotopic (exact) mass is 416 g/mol. The number of carbonyl (C=O) groups excluding carboxylic acids is 1. The number of alkyl carbamates (subject to hydrolysis) is 1. The normalized spacial score (nSPS) is 23.1. The van der Waals surface area contributed by atoms with E-state index in [4.69, 9.17) is 4.74 Å². The fraction of sp³-hybridized carbons (Fsp3) is 0.900. The van der Waals surface area contributed by atoms with E-state index in [0.29, 0.717) is 12.5 Å². The van der Waals surface area contributed by atoms with Crippen molar-refractivity contribution in [2.24, 2.45) is 10.9 Å². The van der Waals surface area contributed by atoms with Crippen LogP contribution in [0.4, 0.5) is 4.79 Å². The maximum Gasteiger partial charge on any atom is 0.407 e. The summed E-state index contributed by atoms with van der Waals surface area (Å²) in [5, 5.41) is 9.99. The zero-order valence-electron chi connectivity index (χ0n) is 18.6. The summed E-state index contributed by atoms with van der Waals surface area (Å²) < 4.78 is 17.5. The molecule has 1 amide bonds. The molecule has 0 spiro atoms. The van der Waals surface area contributed by atoms with Crippen molar-refractivity contribution in [2.45, 2.75) is 90.2 Å². The van der Waals surface area contributed by atoms with Gasteiger partial charge in [0.2, 0.25) is 0 Å². The maximum atomic E-state index is 12.1. The lowest BCUT2D eigenvalue weighted by Crippen LogP contribution is -2.52. The van der Waals surface area contributed by atoms with Crippen LogP contribution in [0, 0.1) is 5.92 Å².